The molecule has 0 aliphatic carbocycles. The Labute approximate surface area is 95.7 Å². The molecule has 0 aromatic carbocycles. The van der Waals surface area contributed by atoms with Crippen molar-refractivity contribution in [1.82, 2.24) is 0 Å². The van der Waals surface area contributed by atoms with Gasteiger partial charge in [-0.1, -0.05) is 23.2 Å². The summed E-state index contributed by atoms with van der Waals surface area (Å²) in [4.78, 5) is 11.3. The zero-order valence-corrected chi connectivity index (χ0v) is 9.09. The minimum Gasteiger partial charge on any atom is -0.481 e. The Bertz CT molecular complexity index is 411. The van der Waals surface area contributed by atoms with Crippen LogP contribution < -0.4 is 10.2 Å². The number of hydrogen-bond acceptors (Lipinski definition) is 4. The Morgan fingerprint density at radius 3 is 2.93 bits per heavy atom. The van der Waals surface area contributed by atoms with Crippen molar-refractivity contribution in [2.24, 2.45) is 0 Å². The smallest absolute Gasteiger partial charge is 0.227 e. The van der Waals surface area contributed by atoms with E-state index in [4.69, 9.17) is 37.5 Å². The molecule has 1 aromatic rings. The molecule has 0 fully saturated rings. The third-order valence-electron chi connectivity index (χ3n) is 1.49. The highest BCUT2D eigenvalue weighted by Gasteiger charge is 2.04. The summed E-state index contributed by atoms with van der Waals surface area (Å²) < 4.78 is 9.90. The molecule has 0 aliphatic rings. The highest BCUT2D eigenvalue weighted by Crippen LogP contribution is 2.09. The van der Waals surface area contributed by atoms with Crippen LogP contribution in [0.5, 0.6) is 5.75 Å². The normalized spacial score (nSPS) is 11.5. The quantitative estimate of drug-likeness (QED) is 0.886. The minimum absolute atomic E-state index is 0.00567. The molecule has 4 nitrogen and oxygen atoms in total. The fourth-order valence-corrected chi connectivity index (χ4v) is 0.922. The highest BCUT2D eigenvalue weighted by atomic mass is 35.5. The summed E-state index contributed by atoms with van der Waals surface area (Å²) in [6.45, 7) is -0.341. The van der Waals surface area contributed by atoms with Crippen LogP contribution in [-0.4, -0.2) is 11.7 Å². The summed E-state index contributed by atoms with van der Waals surface area (Å²) in [7, 11) is 0. The van der Waals surface area contributed by atoms with Gasteiger partial charge >= 0.3 is 0 Å². The molecule has 1 heterocycles. The van der Waals surface area contributed by atoms with E-state index >= 15 is 0 Å². The molecule has 0 bridgehead atoms. The average Bonchev–Trinajstić information content (AvgIpc) is 2.26. The lowest BCUT2D eigenvalue weighted by molar-refractivity contribution is 0.239. The third kappa shape index (κ3) is 3.58. The van der Waals surface area contributed by atoms with E-state index in [1.807, 2.05) is 0 Å². The Morgan fingerprint density at radius 1 is 1.67 bits per heavy atom. The van der Waals surface area contributed by atoms with Crippen molar-refractivity contribution < 1.29 is 14.3 Å². The molecule has 1 aromatic heterocycles. The molecule has 0 amide bonds. The fraction of sp³-hybridized carbons (Fsp3) is 0.222. The topological polar surface area (TPSA) is 59.7 Å². The van der Waals surface area contributed by atoms with Crippen molar-refractivity contribution in [1.29, 1.82) is 0 Å². The van der Waals surface area contributed by atoms with Gasteiger partial charge in [-0.25, -0.2) is 0 Å². The SMILES string of the molecule is O=c1cc(CO)occ1OCC(Cl)=CCl. The van der Waals surface area contributed by atoms with E-state index < -0.39 is 0 Å². The summed E-state index contributed by atoms with van der Waals surface area (Å²) in [6.07, 6.45) is 1.12. The van der Waals surface area contributed by atoms with E-state index in [9.17, 15) is 4.79 Å². The van der Waals surface area contributed by atoms with E-state index in [1.165, 1.54) is 0 Å². The number of rotatable bonds is 4. The zero-order chi connectivity index (χ0) is 11.3. The lowest BCUT2D eigenvalue weighted by atomic mass is 10.4. The maximum atomic E-state index is 11.3. The van der Waals surface area contributed by atoms with Crippen molar-refractivity contribution in [2.45, 2.75) is 6.61 Å². The lowest BCUT2D eigenvalue weighted by Crippen LogP contribution is -2.08. The van der Waals surface area contributed by atoms with Crippen LogP contribution in [-0.2, 0) is 6.61 Å². The monoisotopic (exact) mass is 250 g/mol. The van der Waals surface area contributed by atoms with E-state index in [-0.39, 0.29) is 35.2 Å². The van der Waals surface area contributed by atoms with Crippen molar-refractivity contribution >= 4 is 23.2 Å². The molecule has 0 saturated carbocycles. The van der Waals surface area contributed by atoms with Gasteiger partial charge in [0.1, 0.15) is 25.2 Å². The van der Waals surface area contributed by atoms with Crippen molar-refractivity contribution in [2.75, 3.05) is 6.61 Å². The summed E-state index contributed by atoms with van der Waals surface area (Å²) >= 11 is 10.9. The van der Waals surface area contributed by atoms with Gasteiger partial charge in [0, 0.05) is 11.6 Å². The Morgan fingerprint density at radius 2 is 2.40 bits per heavy atom. The summed E-state index contributed by atoms with van der Waals surface area (Å²) in [5.41, 5.74) is 0.759. The predicted octanol–water partition coefficient (Wildman–Crippen LogP) is 1.83. The van der Waals surface area contributed by atoms with Crippen LogP contribution in [0.15, 0.2) is 32.1 Å². The average molecular weight is 251 g/mol. The van der Waals surface area contributed by atoms with Crippen LogP contribution in [0, 0.1) is 0 Å². The molecular formula is C9H8Cl2O4. The van der Waals surface area contributed by atoms with Gasteiger partial charge in [0.2, 0.25) is 11.2 Å². The molecule has 0 radical (unpaired) electrons. The molecule has 1 N–H and O–H groups in total. The Balaban J connectivity index is 2.75. The number of halogens is 2. The molecular weight excluding hydrogens is 243 g/mol. The summed E-state index contributed by atoms with van der Waals surface area (Å²) in [5, 5.41) is 8.95. The van der Waals surface area contributed by atoms with Crippen LogP contribution in [0.3, 0.4) is 0 Å². The first-order valence-electron chi connectivity index (χ1n) is 3.97. The molecule has 0 spiro atoms. The number of aliphatic hydroxyl groups excluding tert-OH is 1. The van der Waals surface area contributed by atoms with Crippen LogP contribution in [0.2, 0.25) is 0 Å². The van der Waals surface area contributed by atoms with Crippen LogP contribution in [0.4, 0.5) is 0 Å². The van der Waals surface area contributed by atoms with Crippen LogP contribution in [0.1, 0.15) is 5.76 Å². The molecule has 15 heavy (non-hydrogen) atoms. The minimum atomic E-state index is -0.385. The first-order valence-corrected chi connectivity index (χ1v) is 4.79. The second-order valence-electron chi connectivity index (χ2n) is 2.58. The van der Waals surface area contributed by atoms with E-state index in [0.717, 1.165) is 17.9 Å². The molecule has 0 unspecified atom stereocenters. The number of hydrogen-bond donors (Lipinski definition) is 1. The maximum absolute atomic E-state index is 11.3. The zero-order valence-electron chi connectivity index (χ0n) is 7.57. The van der Waals surface area contributed by atoms with Gasteiger partial charge < -0.3 is 14.3 Å². The van der Waals surface area contributed by atoms with Gasteiger partial charge in [0.25, 0.3) is 0 Å². The number of aliphatic hydroxyl groups is 1. The number of ether oxygens (including phenoxy) is 1. The van der Waals surface area contributed by atoms with Gasteiger partial charge in [-0.2, -0.15) is 0 Å². The summed E-state index contributed by atoms with van der Waals surface area (Å²) in [5.74, 6) is 0.190. The Kier molecular flexibility index (Phi) is 4.68. The van der Waals surface area contributed by atoms with Gasteiger partial charge in [-0.3, -0.25) is 4.79 Å². The molecule has 0 aliphatic heterocycles. The fourth-order valence-electron chi connectivity index (χ4n) is 0.805. The first-order chi connectivity index (χ1) is 7.17. The highest BCUT2D eigenvalue weighted by molar-refractivity contribution is 6.36. The van der Waals surface area contributed by atoms with Crippen molar-refractivity contribution in [3.8, 4) is 5.75 Å². The molecule has 82 valence electrons. The van der Waals surface area contributed by atoms with Gasteiger partial charge in [0.15, 0.2) is 0 Å². The largest absolute Gasteiger partial charge is 0.481 e. The van der Waals surface area contributed by atoms with Crippen LogP contribution >= 0.6 is 23.2 Å². The van der Waals surface area contributed by atoms with Gasteiger partial charge in [-0.15, -0.1) is 0 Å². The predicted molar refractivity (Wildman–Crippen MR) is 56.2 cm³/mol. The van der Waals surface area contributed by atoms with Gasteiger partial charge in [0.05, 0.1) is 5.03 Å². The summed E-state index contributed by atoms with van der Waals surface area (Å²) in [6, 6.07) is 1.15. The first kappa shape index (κ1) is 12.1. The molecule has 0 atom stereocenters. The molecule has 0 saturated heterocycles. The molecule has 1 rings (SSSR count). The Hall–Kier alpha value is -0.970. The van der Waals surface area contributed by atoms with Gasteiger partial charge in [-0.05, 0) is 0 Å². The second kappa shape index (κ2) is 5.80. The molecule has 6 heteroatoms. The van der Waals surface area contributed by atoms with Crippen LogP contribution in [0.25, 0.3) is 0 Å². The maximum Gasteiger partial charge on any atom is 0.227 e. The standard InChI is InChI=1S/C9H8Cl2O4/c10-2-6(11)4-15-9-5-14-7(3-12)1-8(9)13/h1-2,5,12H,3-4H2. The van der Waals surface area contributed by atoms with E-state index in [0.29, 0.717) is 0 Å². The third-order valence-corrected chi connectivity index (χ3v) is 2.09. The van der Waals surface area contributed by atoms with E-state index in [2.05, 4.69) is 0 Å². The van der Waals surface area contributed by atoms with Crippen molar-refractivity contribution in [3.63, 3.8) is 0 Å². The van der Waals surface area contributed by atoms with E-state index in [1.54, 1.807) is 0 Å². The lowest BCUT2D eigenvalue weighted by Gasteiger charge is -2.03. The van der Waals surface area contributed by atoms with Crippen molar-refractivity contribution in [3.05, 3.63) is 38.9 Å². The second-order valence-corrected chi connectivity index (χ2v) is 3.28.